The summed E-state index contributed by atoms with van der Waals surface area (Å²) in [5, 5.41) is 26.7. The van der Waals surface area contributed by atoms with Crippen molar-refractivity contribution in [1.29, 1.82) is 0 Å². The first-order valence-electron chi connectivity index (χ1n) is 9.05. The van der Waals surface area contributed by atoms with E-state index in [1.54, 1.807) is 4.90 Å². The van der Waals surface area contributed by atoms with Crippen molar-refractivity contribution in [3.63, 3.8) is 0 Å². The molecule has 1 fully saturated rings. The van der Waals surface area contributed by atoms with Crippen LogP contribution in [0, 0.1) is 0 Å². The number of phenols is 2. The van der Waals surface area contributed by atoms with Crippen LogP contribution in [-0.4, -0.2) is 44.3 Å². The van der Waals surface area contributed by atoms with Crippen LogP contribution < -0.4 is 5.73 Å². The van der Waals surface area contributed by atoms with E-state index >= 15 is 0 Å². The van der Waals surface area contributed by atoms with Gasteiger partial charge in [-0.25, -0.2) is 0 Å². The van der Waals surface area contributed by atoms with Crippen molar-refractivity contribution < 1.29 is 15.0 Å². The number of likely N-dealkylation sites (tertiary alicyclic amines) is 1. The lowest BCUT2D eigenvalue weighted by Gasteiger charge is -2.32. The summed E-state index contributed by atoms with van der Waals surface area (Å²) >= 11 is 0. The molecule has 0 atom stereocenters. The number of carbonyl (C=O) groups excluding carboxylic acids is 1. The maximum Gasteiger partial charge on any atom is 0.274 e. The third kappa shape index (κ3) is 3.21. The third-order valence-corrected chi connectivity index (χ3v) is 5.30. The molecule has 0 unspecified atom stereocenters. The predicted octanol–water partition coefficient (Wildman–Crippen LogP) is 2.45. The van der Waals surface area contributed by atoms with Crippen LogP contribution in [0.1, 0.15) is 40.4 Å². The molecule has 2 aromatic carbocycles. The number of nitrogens with one attached hydrogen (secondary N) is 1. The number of amides is 1. The van der Waals surface area contributed by atoms with Crippen molar-refractivity contribution >= 4 is 16.8 Å². The second-order valence-electron chi connectivity index (χ2n) is 6.97. The fourth-order valence-corrected chi connectivity index (χ4v) is 3.74. The highest BCUT2D eigenvalue weighted by Crippen LogP contribution is 2.32. The van der Waals surface area contributed by atoms with E-state index in [4.69, 9.17) is 5.73 Å². The molecular weight excluding hydrogens is 344 g/mol. The van der Waals surface area contributed by atoms with E-state index in [0.717, 1.165) is 18.4 Å². The Morgan fingerprint density at radius 1 is 1.19 bits per heavy atom. The fourth-order valence-electron chi connectivity index (χ4n) is 3.74. The Balaban J connectivity index is 1.50. The molecule has 0 saturated carbocycles. The maximum atomic E-state index is 12.9. The average molecular weight is 366 g/mol. The molecule has 140 valence electrons. The third-order valence-electron chi connectivity index (χ3n) is 5.30. The monoisotopic (exact) mass is 366 g/mol. The van der Waals surface area contributed by atoms with E-state index in [2.05, 4.69) is 22.3 Å². The topological polar surface area (TPSA) is 115 Å². The smallest absolute Gasteiger partial charge is 0.274 e. The number of rotatable bonds is 3. The Hall–Kier alpha value is -3.06. The van der Waals surface area contributed by atoms with Gasteiger partial charge in [-0.05, 0) is 36.0 Å². The number of H-pyrrole nitrogens is 1. The number of fused-ring (bicyclic) bond motifs is 1. The van der Waals surface area contributed by atoms with E-state index in [1.165, 1.54) is 17.7 Å². The Labute approximate surface area is 156 Å². The zero-order valence-electron chi connectivity index (χ0n) is 14.9. The number of nitrogens with two attached hydrogens (primary N) is 1. The summed E-state index contributed by atoms with van der Waals surface area (Å²) in [4.78, 5) is 14.7. The molecule has 4 rings (SSSR count). The van der Waals surface area contributed by atoms with Crippen LogP contribution >= 0.6 is 0 Å². The lowest BCUT2D eigenvalue weighted by atomic mass is 9.88. The maximum absolute atomic E-state index is 12.9. The van der Waals surface area contributed by atoms with Crippen molar-refractivity contribution in [3.05, 3.63) is 53.2 Å². The SMILES string of the molecule is NCc1cccc(C2CCN(C(=O)c3n[nH]c4cc(O)c(O)cc34)CC2)c1. The Morgan fingerprint density at radius 2 is 1.93 bits per heavy atom. The van der Waals surface area contributed by atoms with Gasteiger partial charge in [-0.1, -0.05) is 24.3 Å². The Kier molecular flexibility index (Phi) is 4.45. The molecule has 1 aliphatic heterocycles. The molecule has 3 aromatic rings. The van der Waals surface area contributed by atoms with Gasteiger partial charge in [0, 0.05) is 31.1 Å². The molecule has 7 nitrogen and oxygen atoms in total. The molecule has 7 heteroatoms. The number of nitrogens with zero attached hydrogens (tertiary/aromatic N) is 2. The molecule has 1 aromatic heterocycles. The molecule has 27 heavy (non-hydrogen) atoms. The minimum absolute atomic E-state index is 0.166. The van der Waals surface area contributed by atoms with Gasteiger partial charge in [0.2, 0.25) is 0 Å². The van der Waals surface area contributed by atoms with Crippen LogP contribution in [0.25, 0.3) is 10.9 Å². The van der Waals surface area contributed by atoms with E-state index in [0.29, 0.717) is 36.5 Å². The van der Waals surface area contributed by atoms with Crippen LogP contribution in [-0.2, 0) is 6.54 Å². The summed E-state index contributed by atoms with van der Waals surface area (Å²) in [7, 11) is 0. The highest BCUT2D eigenvalue weighted by molar-refractivity contribution is 6.05. The zero-order chi connectivity index (χ0) is 19.0. The molecule has 0 spiro atoms. The van der Waals surface area contributed by atoms with Crippen molar-refractivity contribution in [3.8, 4) is 11.5 Å². The largest absolute Gasteiger partial charge is 0.504 e. The summed E-state index contributed by atoms with van der Waals surface area (Å²) in [5.74, 6) is -0.264. The van der Waals surface area contributed by atoms with Gasteiger partial charge in [-0.2, -0.15) is 5.10 Å². The summed E-state index contributed by atoms with van der Waals surface area (Å²) < 4.78 is 0. The normalized spacial score (nSPS) is 15.4. The van der Waals surface area contributed by atoms with Gasteiger partial charge in [0.25, 0.3) is 5.91 Å². The van der Waals surface area contributed by atoms with Gasteiger partial charge in [-0.3, -0.25) is 9.89 Å². The van der Waals surface area contributed by atoms with E-state index in [1.807, 2.05) is 12.1 Å². The highest BCUT2D eigenvalue weighted by atomic mass is 16.3. The Morgan fingerprint density at radius 3 is 2.67 bits per heavy atom. The van der Waals surface area contributed by atoms with Gasteiger partial charge in [0.05, 0.1) is 5.52 Å². The van der Waals surface area contributed by atoms with Gasteiger partial charge in [0.1, 0.15) is 0 Å². The Bertz CT molecular complexity index is 990. The summed E-state index contributed by atoms with van der Waals surface area (Å²) in [6, 6.07) is 11.1. The second kappa shape index (κ2) is 6.92. The van der Waals surface area contributed by atoms with Gasteiger partial charge in [-0.15, -0.1) is 0 Å². The summed E-state index contributed by atoms with van der Waals surface area (Å²) in [5.41, 5.74) is 8.91. The number of phenolic OH excluding ortho intramolecular Hbond substituents is 2. The van der Waals surface area contributed by atoms with E-state index < -0.39 is 0 Å². The van der Waals surface area contributed by atoms with Crippen molar-refractivity contribution in [2.45, 2.75) is 25.3 Å². The number of benzene rings is 2. The first kappa shape index (κ1) is 17.4. The van der Waals surface area contributed by atoms with Crippen LogP contribution in [0.2, 0.25) is 0 Å². The number of piperidine rings is 1. The molecule has 5 N–H and O–H groups in total. The second-order valence-corrected chi connectivity index (χ2v) is 6.97. The van der Waals surface area contributed by atoms with Crippen molar-refractivity contribution in [1.82, 2.24) is 15.1 Å². The van der Waals surface area contributed by atoms with Gasteiger partial charge >= 0.3 is 0 Å². The minimum atomic E-state index is -0.267. The molecule has 2 heterocycles. The number of hydrogen-bond donors (Lipinski definition) is 4. The summed E-state index contributed by atoms with van der Waals surface area (Å²) in [6.07, 6.45) is 1.77. The molecular formula is C20H22N4O3. The van der Waals surface area contributed by atoms with Crippen molar-refractivity contribution in [2.24, 2.45) is 5.73 Å². The van der Waals surface area contributed by atoms with Crippen molar-refractivity contribution in [2.75, 3.05) is 13.1 Å². The molecule has 1 aliphatic rings. The highest BCUT2D eigenvalue weighted by Gasteiger charge is 2.27. The lowest BCUT2D eigenvalue weighted by molar-refractivity contribution is 0.0709. The fraction of sp³-hybridized carbons (Fsp3) is 0.300. The zero-order valence-corrected chi connectivity index (χ0v) is 14.9. The predicted molar refractivity (Wildman–Crippen MR) is 102 cm³/mol. The van der Waals surface area contributed by atoms with Gasteiger partial charge in [0.15, 0.2) is 17.2 Å². The molecule has 0 aliphatic carbocycles. The molecule has 1 amide bonds. The lowest BCUT2D eigenvalue weighted by Crippen LogP contribution is -2.38. The van der Waals surface area contributed by atoms with E-state index in [-0.39, 0.29) is 23.1 Å². The van der Waals surface area contributed by atoms with Crippen LogP contribution in [0.15, 0.2) is 36.4 Å². The van der Waals surface area contributed by atoms with Crippen LogP contribution in [0.4, 0.5) is 0 Å². The number of carbonyl (C=O) groups is 1. The average Bonchev–Trinajstić information content (AvgIpc) is 3.10. The first-order chi connectivity index (χ1) is 13.1. The number of hydrogen-bond acceptors (Lipinski definition) is 5. The molecule has 1 saturated heterocycles. The molecule has 0 radical (unpaired) electrons. The van der Waals surface area contributed by atoms with Gasteiger partial charge < -0.3 is 20.8 Å². The van der Waals surface area contributed by atoms with Crippen LogP contribution in [0.5, 0.6) is 11.5 Å². The van der Waals surface area contributed by atoms with E-state index in [9.17, 15) is 15.0 Å². The number of aromatic amines is 1. The minimum Gasteiger partial charge on any atom is -0.504 e. The first-order valence-corrected chi connectivity index (χ1v) is 9.05. The molecule has 0 bridgehead atoms. The standard InChI is InChI=1S/C20H22N4O3/c21-11-12-2-1-3-14(8-12)13-4-6-24(7-5-13)20(27)19-15-9-17(25)18(26)10-16(15)22-23-19/h1-3,8-10,13,25-26H,4-7,11,21H2,(H,22,23). The summed E-state index contributed by atoms with van der Waals surface area (Å²) in [6.45, 7) is 1.82. The number of aromatic hydroxyl groups is 2. The quantitative estimate of drug-likeness (QED) is 0.532. The number of aromatic nitrogens is 2. The van der Waals surface area contributed by atoms with Crippen LogP contribution in [0.3, 0.4) is 0 Å².